The number of piperidine rings is 1. The van der Waals surface area contributed by atoms with Gasteiger partial charge in [-0.05, 0) is 81.3 Å². The van der Waals surface area contributed by atoms with Crippen molar-refractivity contribution in [1.82, 2.24) is 15.2 Å². The summed E-state index contributed by atoms with van der Waals surface area (Å²) < 4.78 is 6.01. The predicted molar refractivity (Wildman–Crippen MR) is 118 cm³/mol. The number of pyridine rings is 1. The Kier molecular flexibility index (Phi) is 6.68. The van der Waals surface area contributed by atoms with Gasteiger partial charge < -0.3 is 10.1 Å². The summed E-state index contributed by atoms with van der Waals surface area (Å²) in [5.41, 5.74) is 2.52. The average Bonchev–Trinajstić information content (AvgIpc) is 2.78. The molecule has 3 heterocycles. The van der Waals surface area contributed by atoms with Gasteiger partial charge >= 0.3 is 0 Å². The highest BCUT2D eigenvalue weighted by Crippen LogP contribution is 2.37. The molecule has 1 aromatic heterocycles. The average molecular weight is 408 g/mol. The lowest BCUT2D eigenvalue weighted by Crippen LogP contribution is -2.48. The molecular weight excluding hydrogens is 374 g/mol. The number of nitrogens with zero attached hydrogens (tertiary/aromatic N) is 2. The van der Waals surface area contributed by atoms with Gasteiger partial charge in [0.15, 0.2) is 6.10 Å². The number of fused-ring (bicyclic) bond motifs is 1. The summed E-state index contributed by atoms with van der Waals surface area (Å²) in [5, 5.41) is 3.21. The Morgan fingerprint density at radius 2 is 1.90 bits per heavy atom. The van der Waals surface area contributed by atoms with Gasteiger partial charge in [-0.25, -0.2) is 0 Å². The second kappa shape index (κ2) is 9.61. The van der Waals surface area contributed by atoms with Crippen LogP contribution in [0.25, 0.3) is 0 Å². The monoisotopic (exact) mass is 407 g/mol. The second-order valence-corrected chi connectivity index (χ2v) is 8.89. The minimum absolute atomic E-state index is 0.0133. The van der Waals surface area contributed by atoms with Crippen molar-refractivity contribution in [2.75, 3.05) is 19.6 Å². The molecule has 4 rings (SSSR count). The molecule has 1 N–H and O–H groups in total. The number of rotatable bonds is 2. The number of carbonyl (C=O) groups is 1. The number of benzene rings is 1. The number of hydrogen-bond acceptors (Lipinski definition) is 4. The molecule has 0 saturated carbocycles. The first kappa shape index (κ1) is 20.9. The lowest BCUT2D eigenvalue weighted by atomic mass is 9.74. The quantitative estimate of drug-likeness (QED) is 0.818. The fourth-order valence-corrected chi connectivity index (χ4v) is 4.72. The van der Waals surface area contributed by atoms with Crippen LogP contribution in [0, 0.1) is 5.41 Å². The Balaban J connectivity index is 1.40. The molecule has 1 fully saturated rings. The molecule has 5 nitrogen and oxygen atoms in total. The summed E-state index contributed by atoms with van der Waals surface area (Å²) in [6.45, 7) is 5.62. The molecule has 30 heavy (non-hydrogen) atoms. The number of para-hydroxylation sites is 1. The van der Waals surface area contributed by atoms with E-state index in [0.29, 0.717) is 0 Å². The van der Waals surface area contributed by atoms with E-state index in [9.17, 15) is 4.79 Å². The molecule has 0 aliphatic carbocycles. The maximum absolute atomic E-state index is 12.7. The Labute approximate surface area is 179 Å². The topological polar surface area (TPSA) is 54.5 Å². The number of carbonyl (C=O) groups excluding carboxylic acids is 1. The van der Waals surface area contributed by atoms with Crippen molar-refractivity contribution in [2.24, 2.45) is 5.41 Å². The molecule has 1 amide bonds. The highest BCUT2D eigenvalue weighted by atomic mass is 16.5. The Bertz CT molecular complexity index is 831. The van der Waals surface area contributed by atoms with Gasteiger partial charge in [0.2, 0.25) is 0 Å². The van der Waals surface area contributed by atoms with Crippen molar-refractivity contribution in [3.05, 3.63) is 59.9 Å². The number of hydrogen-bond donors (Lipinski definition) is 1. The lowest BCUT2D eigenvalue weighted by molar-refractivity contribution is -0.128. The van der Waals surface area contributed by atoms with Crippen LogP contribution in [0.3, 0.4) is 0 Å². The molecule has 2 aromatic rings. The predicted octanol–water partition coefficient (Wildman–Crippen LogP) is 3.97. The molecule has 5 heteroatoms. The van der Waals surface area contributed by atoms with Crippen LogP contribution in [0.1, 0.15) is 50.3 Å². The van der Waals surface area contributed by atoms with E-state index in [1.807, 2.05) is 31.3 Å². The fourth-order valence-electron chi connectivity index (χ4n) is 4.72. The van der Waals surface area contributed by atoms with Crippen LogP contribution < -0.4 is 10.1 Å². The molecule has 160 valence electrons. The van der Waals surface area contributed by atoms with E-state index in [4.69, 9.17) is 4.74 Å². The first-order valence-corrected chi connectivity index (χ1v) is 11.3. The number of aromatic nitrogens is 1. The zero-order valence-corrected chi connectivity index (χ0v) is 18.0. The maximum atomic E-state index is 12.7. The zero-order chi connectivity index (χ0) is 20.8. The second-order valence-electron chi connectivity index (χ2n) is 8.89. The third kappa shape index (κ3) is 5.20. The van der Waals surface area contributed by atoms with E-state index in [2.05, 4.69) is 39.5 Å². The van der Waals surface area contributed by atoms with Gasteiger partial charge in [-0.1, -0.05) is 30.7 Å². The van der Waals surface area contributed by atoms with Crippen molar-refractivity contribution >= 4 is 5.91 Å². The first-order chi connectivity index (χ1) is 14.6. The largest absolute Gasteiger partial charge is 0.481 e. The number of likely N-dealkylation sites (tertiary alicyclic amines) is 1. The Morgan fingerprint density at radius 1 is 1.10 bits per heavy atom. The summed E-state index contributed by atoms with van der Waals surface area (Å²) >= 11 is 0. The van der Waals surface area contributed by atoms with Crippen LogP contribution in [0.15, 0.2) is 48.7 Å². The number of ether oxygens (including phenoxy) is 1. The van der Waals surface area contributed by atoms with Crippen LogP contribution in [0.2, 0.25) is 0 Å². The summed E-state index contributed by atoms with van der Waals surface area (Å²) in [7, 11) is 0. The van der Waals surface area contributed by atoms with Crippen molar-refractivity contribution < 1.29 is 9.53 Å². The molecule has 0 unspecified atom stereocenters. The minimum atomic E-state index is -0.480. The first-order valence-electron chi connectivity index (χ1n) is 11.3. The summed E-state index contributed by atoms with van der Waals surface area (Å²) in [4.78, 5) is 19.7. The summed E-state index contributed by atoms with van der Waals surface area (Å²) in [5.74, 6) is 0.832. The number of amides is 1. The van der Waals surface area contributed by atoms with Crippen LogP contribution in [-0.4, -0.2) is 41.5 Å². The number of nitrogens with one attached hydrogen (secondary N) is 1. The van der Waals surface area contributed by atoms with E-state index in [1.165, 1.54) is 18.4 Å². The maximum Gasteiger partial charge on any atom is 0.260 e. The highest BCUT2D eigenvalue weighted by Gasteiger charge is 2.35. The third-order valence-corrected chi connectivity index (χ3v) is 6.71. The molecule has 1 aromatic carbocycles. The minimum Gasteiger partial charge on any atom is -0.481 e. The van der Waals surface area contributed by atoms with Crippen LogP contribution in [-0.2, 0) is 17.8 Å². The van der Waals surface area contributed by atoms with Crippen LogP contribution in [0.4, 0.5) is 0 Å². The molecule has 1 spiro atoms. The van der Waals surface area contributed by atoms with Gasteiger partial charge in [0.25, 0.3) is 5.91 Å². The summed E-state index contributed by atoms with van der Waals surface area (Å²) in [6.07, 6.45) is 8.13. The van der Waals surface area contributed by atoms with Gasteiger partial charge in [0.05, 0.1) is 5.69 Å². The fraction of sp³-hybridized carbons (Fsp3) is 0.520. The number of aryl methyl sites for hydroxylation is 1. The van der Waals surface area contributed by atoms with Gasteiger partial charge in [0, 0.05) is 19.3 Å². The molecule has 2 aliphatic rings. The van der Waals surface area contributed by atoms with Crippen molar-refractivity contribution in [3.63, 3.8) is 0 Å². The van der Waals surface area contributed by atoms with E-state index < -0.39 is 6.10 Å². The third-order valence-electron chi connectivity index (χ3n) is 6.71. The zero-order valence-electron chi connectivity index (χ0n) is 18.0. The van der Waals surface area contributed by atoms with E-state index in [-0.39, 0.29) is 11.3 Å². The van der Waals surface area contributed by atoms with Crippen molar-refractivity contribution in [2.45, 2.75) is 58.1 Å². The van der Waals surface area contributed by atoms with Crippen molar-refractivity contribution in [3.8, 4) is 5.75 Å². The van der Waals surface area contributed by atoms with Crippen molar-refractivity contribution in [1.29, 1.82) is 0 Å². The molecule has 0 radical (unpaired) electrons. The SMILES string of the molecule is C[C@H]1Oc2ccccc2CCCCC2(CCN(Cc3ccccn3)CC2)CNC1=O. The van der Waals surface area contributed by atoms with Gasteiger partial charge in [0.1, 0.15) is 5.75 Å². The van der Waals surface area contributed by atoms with Crippen LogP contribution >= 0.6 is 0 Å². The summed E-state index contributed by atoms with van der Waals surface area (Å²) in [6, 6.07) is 14.2. The van der Waals surface area contributed by atoms with Gasteiger partial charge in [-0.15, -0.1) is 0 Å². The molecule has 1 saturated heterocycles. The molecule has 1 atom stereocenters. The molecule has 0 bridgehead atoms. The Morgan fingerprint density at radius 3 is 2.70 bits per heavy atom. The smallest absolute Gasteiger partial charge is 0.260 e. The van der Waals surface area contributed by atoms with Gasteiger partial charge in [-0.2, -0.15) is 0 Å². The molecule has 2 aliphatic heterocycles. The van der Waals surface area contributed by atoms with E-state index >= 15 is 0 Å². The normalized spacial score (nSPS) is 22.8. The van der Waals surface area contributed by atoms with E-state index in [1.54, 1.807) is 0 Å². The standard InChI is InChI=1S/C25H33N3O2/c1-20-24(29)27-19-25(12-6-4-9-21-8-2-3-11-23(21)30-20)13-16-28(17-14-25)18-22-10-5-7-15-26-22/h2-3,5,7-8,10-11,15,20H,4,6,9,12-14,16-19H2,1H3,(H,27,29)/t20-/m1/s1. The van der Waals surface area contributed by atoms with E-state index in [0.717, 1.165) is 63.3 Å². The lowest BCUT2D eigenvalue weighted by Gasteiger charge is -2.42. The Hall–Kier alpha value is -2.40. The molecular formula is C25H33N3O2. The van der Waals surface area contributed by atoms with Crippen LogP contribution in [0.5, 0.6) is 5.75 Å². The van der Waals surface area contributed by atoms with Gasteiger partial charge in [-0.3, -0.25) is 14.7 Å². The highest BCUT2D eigenvalue weighted by molar-refractivity contribution is 5.80.